The van der Waals surface area contributed by atoms with Crippen molar-refractivity contribution in [3.8, 4) is 0 Å². The van der Waals surface area contributed by atoms with Gasteiger partial charge < -0.3 is 9.13 Å². The van der Waals surface area contributed by atoms with Crippen molar-refractivity contribution in [1.29, 1.82) is 0 Å². The van der Waals surface area contributed by atoms with Gasteiger partial charge in [-0.2, -0.15) is 79.0 Å². The molecule has 0 bridgehead atoms. The summed E-state index contributed by atoms with van der Waals surface area (Å²) in [4.78, 5) is 0. The average molecular weight is 739 g/mol. The molecule has 0 amide bonds. The van der Waals surface area contributed by atoms with Crippen LogP contribution in [0.3, 0.4) is 0 Å². The average Bonchev–Trinajstić information content (AvgIpc) is 3.38. The van der Waals surface area contributed by atoms with Gasteiger partial charge in [0, 0.05) is 14.1 Å². The van der Waals surface area contributed by atoms with E-state index in [1.165, 1.54) is 0 Å². The number of aromatic nitrogens is 6. The van der Waals surface area contributed by atoms with Crippen LogP contribution in [0, 0.1) is 0 Å². The van der Waals surface area contributed by atoms with E-state index in [0.29, 0.717) is 20.4 Å². The number of hydrogen-bond donors (Lipinski definition) is 1. The monoisotopic (exact) mass is 738 g/mol. The van der Waals surface area contributed by atoms with Crippen LogP contribution >= 0.6 is 28.7 Å². The number of alkyl halides is 18. The third-order valence-corrected chi connectivity index (χ3v) is 5.07. The molecule has 42 heavy (non-hydrogen) atoms. The summed E-state index contributed by atoms with van der Waals surface area (Å²) in [5, 5.41) is 10.5. The number of hydrogen-bond acceptors (Lipinski definition) is 6. The maximum absolute atomic E-state index is 13.4. The Morgan fingerprint density at radius 1 is 0.643 bits per heavy atom. The Morgan fingerprint density at radius 2 is 0.976 bits per heavy atom. The molecule has 2 heterocycles. The van der Waals surface area contributed by atoms with Gasteiger partial charge in [-0.3, -0.25) is 0 Å². The second-order valence-corrected chi connectivity index (χ2v) is 8.11. The molecule has 0 fully saturated rings. The van der Waals surface area contributed by atoms with Crippen molar-refractivity contribution in [2.75, 3.05) is 0 Å². The van der Waals surface area contributed by atoms with Crippen LogP contribution in [0.5, 0.6) is 0 Å². The minimum atomic E-state index is -6.96. The minimum absolute atomic E-state index is 0.111. The molecule has 2 aromatic heterocycles. The summed E-state index contributed by atoms with van der Waals surface area (Å²) in [5.41, 5.74) is 0. The maximum atomic E-state index is 13.4. The van der Waals surface area contributed by atoms with E-state index >= 15 is 0 Å². The predicted molar refractivity (Wildman–Crippen MR) is 107 cm³/mol. The van der Waals surface area contributed by atoms with Crippen LogP contribution in [-0.2, 0) is 25.9 Å². The van der Waals surface area contributed by atoms with E-state index in [-0.39, 0.29) is 9.13 Å². The summed E-state index contributed by atoms with van der Waals surface area (Å²) < 4.78 is 229. The fourth-order valence-corrected chi connectivity index (χ4v) is 2.43. The standard InChI is InChI=1S/C7H3BrF9N3.C7H4F9N3.BHNS/c1-20-2(18-19-3(20)8)4(9,10)5(11,12)6(13,14)7(15,16)17;1-19-2-17-18-3(19)4(8,9)5(10,11)6(12,13)7(14,15)16;1-2-3/h1H3;2H,1H3;3H. The van der Waals surface area contributed by atoms with E-state index in [0.717, 1.165) is 0 Å². The zero-order valence-corrected chi connectivity index (χ0v) is 21.9. The Hall–Kier alpha value is -2.29. The molecule has 0 spiro atoms. The second kappa shape index (κ2) is 12.4. The molecule has 0 unspecified atom stereocenters. The van der Waals surface area contributed by atoms with Crippen molar-refractivity contribution in [2.24, 2.45) is 18.4 Å². The quantitative estimate of drug-likeness (QED) is 0.211. The van der Waals surface area contributed by atoms with E-state index in [1.54, 1.807) is 0 Å². The van der Waals surface area contributed by atoms with Crippen molar-refractivity contribution >= 4 is 36.4 Å². The summed E-state index contributed by atoms with van der Waals surface area (Å²) in [6, 6.07) is 0. The van der Waals surface area contributed by atoms with Crippen LogP contribution < -0.4 is 0 Å². The molecule has 0 atom stereocenters. The van der Waals surface area contributed by atoms with Crippen LogP contribution in [-0.4, -0.2) is 73.2 Å². The van der Waals surface area contributed by atoms with E-state index < -0.39 is 64.3 Å². The molecule has 2 aromatic rings. The van der Waals surface area contributed by atoms with Crippen molar-refractivity contribution in [1.82, 2.24) is 29.5 Å². The van der Waals surface area contributed by atoms with Crippen LogP contribution in [0.15, 0.2) is 15.4 Å². The van der Waals surface area contributed by atoms with Crippen LogP contribution in [0.1, 0.15) is 11.6 Å². The van der Waals surface area contributed by atoms with Gasteiger partial charge in [0.25, 0.3) is 0 Å². The topological polar surface area (TPSA) is 73.8 Å². The Kier molecular flexibility index (Phi) is 11.7. The molecule has 0 aliphatic carbocycles. The van der Waals surface area contributed by atoms with Gasteiger partial charge in [-0.15, -0.1) is 20.4 Å². The van der Waals surface area contributed by atoms with Crippen molar-refractivity contribution in [2.45, 2.75) is 47.9 Å². The number of nitrogens with zero attached hydrogens (tertiary/aromatic N) is 7. The van der Waals surface area contributed by atoms with Gasteiger partial charge in [-0.1, -0.05) is 0 Å². The first-order valence-electron chi connectivity index (χ1n) is 9.20. The number of aryl methyl sites for hydroxylation is 1. The first-order chi connectivity index (χ1) is 18.4. The Morgan fingerprint density at radius 3 is 1.21 bits per heavy atom. The SMILES string of the molecule is Cn1c(Br)nnc1C(F)(F)C(F)(F)C(F)(F)C(F)(F)F.Cn1cnnc1C(F)(F)C(F)(F)C(F)(F)C(F)(F)F.[B]=NS. The van der Waals surface area contributed by atoms with E-state index in [9.17, 15) is 79.0 Å². The van der Waals surface area contributed by atoms with Gasteiger partial charge in [0.05, 0.1) is 0 Å². The third kappa shape index (κ3) is 6.76. The van der Waals surface area contributed by atoms with Gasteiger partial charge in [0.15, 0.2) is 4.73 Å². The van der Waals surface area contributed by atoms with Gasteiger partial charge in [-0.05, 0) is 15.9 Å². The van der Waals surface area contributed by atoms with Crippen molar-refractivity contribution in [3.05, 3.63) is 22.7 Å². The van der Waals surface area contributed by atoms with Crippen LogP contribution in [0.2, 0.25) is 0 Å². The molecule has 0 N–H and O–H groups in total. The number of halogens is 19. The summed E-state index contributed by atoms with van der Waals surface area (Å²) in [6.45, 7) is 0. The molecule has 0 aromatic carbocycles. The Balaban J connectivity index is 0.000000732. The molecule has 2 rings (SSSR count). The van der Waals surface area contributed by atoms with Crippen LogP contribution in [0.25, 0.3) is 0 Å². The third-order valence-electron chi connectivity index (χ3n) is 4.38. The number of rotatable bonds is 6. The Bertz CT molecular complexity index is 1210. The fraction of sp³-hybridized carbons (Fsp3) is 0.714. The van der Waals surface area contributed by atoms with E-state index in [4.69, 9.17) is 0 Å². The first-order valence-corrected chi connectivity index (χ1v) is 10.4. The molecule has 0 saturated heterocycles. The first kappa shape index (κ1) is 39.7. The summed E-state index contributed by atoms with van der Waals surface area (Å²) in [6.07, 6.45) is -13.3. The van der Waals surface area contributed by atoms with Gasteiger partial charge in [0.1, 0.15) is 6.33 Å². The molecule has 0 saturated carbocycles. The van der Waals surface area contributed by atoms with E-state index in [1.807, 2.05) is 0 Å². The summed E-state index contributed by atoms with van der Waals surface area (Å²) in [7, 11) is 5.70. The summed E-state index contributed by atoms with van der Waals surface area (Å²) in [5.74, 6) is -43.2. The fourth-order valence-electron chi connectivity index (χ4n) is 2.18. The zero-order valence-electron chi connectivity index (χ0n) is 19.4. The van der Waals surface area contributed by atoms with Crippen molar-refractivity contribution in [3.63, 3.8) is 0 Å². The van der Waals surface area contributed by atoms with Crippen LogP contribution in [0.4, 0.5) is 79.0 Å². The molecule has 0 aliphatic heterocycles. The second-order valence-electron chi connectivity index (χ2n) is 7.17. The normalized spacial score (nSPS) is 14.0. The Labute approximate surface area is 234 Å². The van der Waals surface area contributed by atoms with Crippen molar-refractivity contribution < 1.29 is 79.0 Å². The molecule has 1 radical (unpaired) electrons. The molecule has 0 aliphatic rings. The molecule has 7 nitrogen and oxygen atoms in total. The van der Waals surface area contributed by atoms with E-state index in [2.05, 4.69) is 61.1 Å². The molecule has 28 heteroatoms. The van der Waals surface area contributed by atoms with Gasteiger partial charge in [0.2, 0.25) is 11.6 Å². The van der Waals surface area contributed by atoms with Gasteiger partial charge >= 0.3 is 72.6 Å². The summed E-state index contributed by atoms with van der Waals surface area (Å²) >= 11 is 5.66. The molecular weight excluding hydrogens is 731 g/mol. The molecule has 241 valence electrons. The number of thiol groups is 1. The van der Waals surface area contributed by atoms with Gasteiger partial charge in [-0.25, -0.2) is 0 Å². The predicted octanol–water partition coefficient (Wildman–Crippen LogP) is 6.43. The zero-order chi connectivity index (χ0) is 34.1. The molecular formula is C14H8BBrF18N7S.